The van der Waals surface area contributed by atoms with E-state index in [9.17, 15) is 14.0 Å². The monoisotopic (exact) mass is 627 g/mol. The van der Waals surface area contributed by atoms with Crippen molar-refractivity contribution in [3.63, 3.8) is 0 Å². The second-order valence-electron chi connectivity index (χ2n) is 11.8. The number of benzene rings is 1. The Labute approximate surface area is 263 Å². The number of hydrogen-bond donors (Lipinski definition) is 1. The molecule has 12 heteroatoms. The number of amides is 1. The number of nitrogens with one attached hydrogen (secondary N) is 1. The molecule has 1 aliphatic carbocycles. The van der Waals surface area contributed by atoms with E-state index >= 15 is 0 Å². The standard InChI is InChI=1S/C33H31ClFN7O3/c1-18-4-3-5-23(26-14-21(12-13-36-26)31-27(38-32(18)43)16-37-42(31)19(2)35)24-9-11-30(45-33(24)44)25-15-22(34)8-10-29(25)41-17-28(39-40-41)20-6-7-20/h8-20,23H,3-7H2,1-2H3,(H,38,43)/t18-,19?,23-/m1/s1. The van der Waals surface area contributed by atoms with Crippen molar-refractivity contribution >= 4 is 23.2 Å². The van der Waals surface area contributed by atoms with Crippen LogP contribution in [0.3, 0.4) is 0 Å². The number of carbonyl (C=O) groups is 1. The molecule has 1 saturated carbocycles. The Hall–Kier alpha value is -4.64. The smallest absolute Gasteiger partial charge is 0.340 e. The molecule has 1 aliphatic heterocycles. The average Bonchev–Trinajstić information content (AvgIpc) is 3.60. The van der Waals surface area contributed by atoms with Crippen LogP contribution < -0.4 is 10.9 Å². The summed E-state index contributed by atoms with van der Waals surface area (Å²) in [5.41, 5.74) is 4.28. The van der Waals surface area contributed by atoms with Crippen LogP contribution in [0.5, 0.6) is 0 Å². The average molecular weight is 628 g/mol. The van der Waals surface area contributed by atoms with Crippen LogP contribution in [0, 0.1) is 5.92 Å². The highest BCUT2D eigenvalue weighted by Crippen LogP contribution is 2.40. The molecule has 5 aromatic rings. The number of anilines is 1. The van der Waals surface area contributed by atoms with E-state index in [1.165, 1.54) is 17.8 Å². The minimum atomic E-state index is -1.43. The zero-order chi connectivity index (χ0) is 31.2. The van der Waals surface area contributed by atoms with Gasteiger partial charge in [0, 0.05) is 51.4 Å². The molecule has 1 fully saturated rings. The number of rotatable bonds is 5. The molecule has 230 valence electrons. The molecule has 0 radical (unpaired) electrons. The van der Waals surface area contributed by atoms with E-state index in [-0.39, 0.29) is 11.8 Å². The lowest BCUT2D eigenvalue weighted by Gasteiger charge is -2.20. The molecule has 2 aliphatic rings. The van der Waals surface area contributed by atoms with Gasteiger partial charge in [-0.1, -0.05) is 30.2 Å². The van der Waals surface area contributed by atoms with Gasteiger partial charge in [0.05, 0.1) is 35.2 Å². The fourth-order valence-electron chi connectivity index (χ4n) is 5.97. The van der Waals surface area contributed by atoms with Crippen molar-refractivity contribution in [2.75, 3.05) is 5.32 Å². The molecule has 1 unspecified atom stereocenters. The maximum absolute atomic E-state index is 14.6. The Kier molecular flexibility index (Phi) is 7.56. The van der Waals surface area contributed by atoms with Gasteiger partial charge in [0.15, 0.2) is 6.30 Å². The summed E-state index contributed by atoms with van der Waals surface area (Å²) in [7, 11) is 0. The van der Waals surface area contributed by atoms with E-state index in [1.54, 1.807) is 41.2 Å². The van der Waals surface area contributed by atoms with Gasteiger partial charge in [-0.25, -0.2) is 18.5 Å². The van der Waals surface area contributed by atoms with E-state index in [4.69, 9.17) is 16.0 Å². The second kappa shape index (κ2) is 11.7. The van der Waals surface area contributed by atoms with Crippen LogP contribution in [-0.2, 0) is 4.79 Å². The fraction of sp³-hybridized carbons (Fsp3) is 0.333. The van der Waals surface area contributed by atoms with Crippen molar-refractivity contribution in [3.8, 4) is 28.3 Å². The lowest BCUT2D eigenvalue weighted by Crippen LogP contribution is -2.22. The number of carbonyl (C=O) groups excluding carboxylic acids is 1. The highest BCUT2D eigenvalue weighted by atomic mass is 35.5. The first kappa shape index (κ1) is 29.1. The van der Waals surface area contributed by atoms with Crippen LogP contribution in [0.15, 0.2) is 70.3 Å². The molecule has 2 bridgehead atoms. The van der Waals surface area contributed by atoms with E-state index < -0.39 is 17.8 Å². The van der Waals surface area contributed by atoms with Gasteiger partial charge in [-0.15, -0.1) is 5.10 Å². The van der Waals surface area contributed by atoms with Crippen molar-refractivity contribution in [2.24, 2.45) is 5.92 Å². The predicted molar refractivity (Wildman–Crippen MR) is 167 cm³/mol. The lowest BCUT2D eigenvalue weighted by atomic mass is 9.88. The highest BCUT2D eigenvalue weighted by molar-refractivity contribution is 6.31. The van der Waals surface area contributed by atoms with Crippen LogP contribution in [-0.4, -0.2) is 35.7 Å². The molecule has 10 nitrogen and oxygen atoms in total. The summed E-state index contributed by atoms with van der Waals surface area (Å²) in [6.45, 7) is 3.23. The fourth-order valence-corrected chi connectivity index (χ4v) is 6.14. The van der Waals surface area contributed by atoms with E-state index in [1.807, 2.05) is 25.3 Å². The molecule has 3 atom stereocenters. The summed E-state index contributed by atoms with van der Waals surface area (Å²) in [5, 5.41) is 16.3. The third kappa shape index (κ3) is 5.68. The van der Waals surface area contributed by atoms with Crippen molar-refractivity contribution < 1.29 is 13.6 Å². The molecule has 1 aromatic carbocycles. The molecule has 1 N–H and O–H groups in total. The van der Waals surface area contributed by atoms with Gasteiger partial charge in [0.2, 0.25) is 5.91 Å². The van der Waals surface area contributed by atoms with Crippen LogP contribution in [0.4, 0.5) is 10.1 Å². The molecule has 1 amide bonds. The first-order chi connectivity index (χ1) is 21.8. The van der Waals surface area contributed by atoms with Gasteiger partial charge in [-0.3, -0.25) is 9.78 Å². The van der Waals surface area contributed by atoms with Crippen molar-refractivity contribution in [1.29, 1.82) is 0 Å². The molecule has 0 spiro atoms. The third-order valence-electron chi connectivity index (χ3n) is 8.59. The second-order valence-corrected chi connectivity index (χ2v) is 12.3. The van der Waals surface area contributed by atoms with Crippen LogP contribution in [0.2, 0.25) is 5.02 Å². The minimum Gasteiger partial charge on any atom is -0.422 e. The number of aromatic nitrogens is 6. The minimum absolute atomic E-state index is 0.174. The van der Waals surface area contributed by atoms with Gasteiger partial charge < -0.3 is 9.73 Å². The largest absolute Gasteiger partial charge is 0.422 e. The first-order valence-electron chi connectivity index (χ1n) is 15.1. The summed E-state index contributed by atoms with van der Waals surface area (Å²) in [6.07, 6.45) is 7.56. The Morgan fingerprint density at radius 3 is 2.69 bits per heavy atom. The molecule has 7 rings (SSSR count). The van der Waals surface area contributed by atoms with Crippen LogP contribution in [0.25, 0.3) is 28.3 Å². The van der Waals surface area contributed by atoms with Crippen LogP contribution >= 0.6 is 11.6 Å². The lowest BCUT2D eigenvalue weighted by molar-refractivity contribution is -0.119. The van der Waals surface area contributed by atoms with Crippen molar-refractivity contribution in [2.45, 2.75) is 64.1 Å². The molecule has 0 saturated heterocycles. The highest BCUT2D eigenvalue weighted by Gasteiger charge is 2.28. The van der Waals surface area contributed by atoms with E-state index in [2.05, 4.69) is 25.7 Å². The summed E-state index contributed by atoms with van der Waals surface area (Å²) in [6, 6.07) is 12.4. The molecule has 5 heterocycles. The predicted octanol–water partition coefficient (Wildman–Crippen LogP) is 7.06. The molecule has 45 heavy (non-hydrogen) atoms. The summed E-state index contributed by atoms with van der Waals surface area (Å²) < 4.78 is 23.5. The number of halogens is 2. The SMILES string of the molecule is CC(F)n1ncc2c1-c1ccnc(c1)[C@@H](c1ccc(-c3cc(Cl)ccc3-n3cc(C4CC4)nn3)oc1=O)CCC[C@@H](C)C(=O)N2. The van der Waals surface area contributed by atoms with Gasteiger partial charge >= 0.3 is 5.63 Å². The Morgan fingerprint density at radius 2 is 1.91 bits per heavy atom. The zero-order valence-electron chi connectivity index (χ0n) is 24.8. The van der Waals surface area contributed by atoms with E-state index in [0.717, 1.165) is 18.5 Å². The summed E-state index contributed by atoms with van der Waals surface area (Å²) >= 11 is 6.39. The third-order valence-corrected chi connectivity index (χ3v) is 8.82. The number of hydrogen-bond acceptors (Lipinski definition) is 7. The molecule has 4 aromatic heterocycles. The Morgan fingerprint density at radius 1 is 1.07 bits per heavy atom. The topological polar surface area (TPSA) is 121 Å². The van der Waals surface area contributed by atoms with Crippen molar-refractivity contribution in [3.05, 3.63) is 93.4 Å². The maximum Gasteiger partial charge on any atom is 0.340 e. The number of fused-ring (bicyclic) bond motifs is 4. The van der Waals surface area contributed by atoms with Gasteiger partial charge in [0.25, 0.3) is 0 Å². The van der Waals surface area contributed by atoms with Gasteiger partial charge in [-0.2, -0.15) is 5.10 Å². The van der Waals surface area contributed by atoms with Crippen molar-refractivity contribution in [1.82, 2.24) is 29.8 Å². The normalized spacial score (nSPS) is 19.2. The quantitative estimate of drug-likeness (QED) is 0.221. The zero-order valence-corrected chi connectivity index (χ0v) is 25.5. The molecular weight excluding hydrogens is 597 g/mol. The van der Waals surface area contributed by atoms with Gasteiger partial charge in [-0.05, 0) is 75.1 Å². The number of nitrogens with zero attached hydrogens (tertiary/aromatic N) is 6. The maximum atomic E-state index is 14.6. The summed E-state index contributed by atoms with van der Waals surface area (Å²) in [5.74, 6) is -0.132. The number of alkyl halides is 1. The van der Waals surface area contributed by atoms with E-state index in [0.29, 0.717) is 75.4 Å². The van der Waals surface area contributed by atoms with Crippen LogP contribution in [0.1, 0.15) is 81.0 Å². The Balaban J connectivity index is 1.30. The summed E-state index contributed by atoms with van der Waals surface area (Å²) in [4.78, 5) is 31.4. The molecular formula is C33H31ClFN7O3. The number of pyridine rings is 1. The van der Waals surface area contributed by atoms with Gasteiger partial charge in [0.1, 0.15) is 5.76 Å². The first-order valence-corrected chi connectivity index (χ1v) is 15.5. The Bertz CT molecular complexity index is 1960.